The molecular formula is C20H25N3O3S. The molecule has 6 nitrogen and oxygen atoms in total. The number of benzene rings is 1. The first-order chi connectivity index (χ1) is 12.9. The van der Waals surface area contributed by atoms with Crippen LogP contribution in [0.5, 0.6) is 0 Å². The summed E-state index contributed by atoms with van der Waals surface area (Å²) in [7, 11) is 1.61. The molecular weight excluding hydrogens is 362 g/mol. The van der Waals surface area contributed by atoms with Crippen LogP contribution < -0.4 is 10.6 Å². The van der Waals surface area contributed by atoms with Gasteiger partial charge >= 0.3 is 0 Å². The van der Waals surface area contributed by atoms with Crippen LogP contribution >= 0.6 is 11.3 Å². The van der Waals surface area contributed by atoms with E-state index in [1.54, 1.807) is 18.5 Å². The molecule has 0 bridgehead atoms. The lowest BCUT2D eigenvalue weighted by atomic mass is 10.1. The fourth-order valence-electron chi connectivity index (χ4n) is 2.51. The molecule has 2 rings (SSSR count). The number of nitrogens with one attached hydrogen (secondary N) is 2. The Kier molecular flexibility index (Phi) is 7.55. The summed E-state index contributed by atoms with van der Waals surface area (Å²) < 4.78 is 0. The lowest BCUT2D eigenvalue weighted by molar-refractivity contribution is -0.133. The van der Waals surface area contributed by atoms with E-state index in [2.05, 4.69) is 10.6 Å². The van der Waals surface area contributed by atoms with Crippen LogP contribution in [0, 0.1) is 13.8 Å². The minimum absolute atomic E-state index is 0.00647. The zero-order valence-electron chi connectivity index (χ0n) is 15.9. The molecule has 1 aromatic carbocycles. The molecule has 3 amide bonds. The molecule has 0 aliphatic carbocycles. The zero-order valence-corrected chi connectivity index (χ0v) is 16.7. The second-order valence-corrected chi connectivity index (χ2v) is 7.20. The van der Waals surface area contributed by atoms with Crippen molar-refractivity contribution in [1.82, 2.24) is 10.2 Å². The van der Waals surface area contributed by atoms with Crippen molar-refractivity contribution in [1.29, 1.82) is 0 Å². The topological polar surface area (TPSA) is 78.5 Å². The third-order valence-electron chi connectivity index (χ3n) is 4.32. The standard InChI is InChI=1S/C20H25N3O3S/c1-14-6-4-7-17(15(14)2)22-18(24)12-23(3)19(25)8-5-10-21-20(26)16-9-11-27-13-16/h4,6-7,9,11,13H,5,8,10,12H2,1-3H3,(H,21,26)(H,22,24). The van der Waals surface area contributed by atoms with Crippen molar-refractivity contribution in [3.63, 3.8) is 0 Å². The molecule has 2 N–H and O–H groups in total. The number of carbonyl (C=O) groups excluding carboxylic acids is 3. The highest BCUT2D eigenvalue weighted by molar-refractivity contribution is 7.08. The number of hydrogen-bond donors (Lipinski definition) is 2. The average Bonchev–Trinajstić information content (AvgIpc) is 3.17. The summed E-state index contributed by atoms with van der Waals surface area (Å²) in [6.07, 6.45) is 0.800. The van der Waals surface area contributed by atoms with E-state index in [1.807, 2.05) is 37.4 Å². The predicted molar refractivity (Wildman–Crippen MR) is 108 cm³/mol. The number of rotatable bonds is 8. The largest absolute Gasteiger partial charge is 0.352 e. The maximum absolute atomic E-state index is 12.2. The Labute approximate surface area is 163 Å². The van der Waals surface area contributed by atoms with E-state index in [1.165, 1.54) is 16.2 Å². The van der Waals surface area contributed by atoms with Crippen LogP contribution in [0.4, 0.5) is 5.69 Å². The quantitative estimate of drug-likeness (QED) is 0.684. The third kappa shape index (κ3) is 6.21. The van der Waals surface area contributed by atoms with Crippen molar-refractivity contribution in [2.45, 2.75) is 26.7 Å². The van der Waals surface area contributed by atoms with Crippen LogP contribution in [-0.4, -0.2) is 42.8 Å². The van der Waals surface area contributed by atoms with Gasteiger partial charge in [0.25, 0.3) is 5.91 Å². The molecule has 0 aliphatic heterocycles. The molecule has 0 fully saturated rings. The third-order valence-corrected chi connectivity index (χ3v) is 5.00. The highest BCUT2D eigenvalue weighted by Crippen LogP contribution is 2.17. The Bertz CT molecular complexity index is 803. The number of aryl methyl sites for hydroxylation is 1. The van der Waals surface area contributed by atoms with Crippen LogP contribution in [0.2, 0.25) is 0 Å². The van der Waals surface area contributed by atoms with E-state index in [9.17, 15) is 14.4 Å². The number of carbonyl (C=O) groups is 3. The molecule has 0 atom stereocenters. The molecule has 0 saturated carbocycles. The second kappa shape index (κ2) is 9.87. The van der Waals surface area contributed by atoms with Crippen molar-refractivity contribution < 1.29 is 14.4 Å². The fourth-order valence-corrected chi connectivity index (χ4v) is 3.14. The monoisotopic (exact) mass is 387 g/mol. The van der Waals surface area contributed by atoms with Gasteiger partial charge in [-0.25, -0.2) is 0 Å². The Morgan fingerprint density at radius 1 is 1.15 bits per heavy atom. The summed E-state index contributed by atoms with van der Waals surface area (Å²) in [5.74, 6) is -0.494. The molecule has 0 spiro atoms. The SMILES string of the molecule is Cc1cccc(NC(=O)CN(C)C(=O)CCCNC(=O)c2ccsc2)c1C. The zero-order chi connectivity index (χ0) is 19.8. The van der Waals surface area contributed by atoms with Gasteiger partial charge in [0.2, 0.25) is 11.8 Å². The minimum atomic E-state index is -0.231. The lowest BCUT2D eigenvalue weighted by Crippen LogP contribution is -2.35. The minimum Gasteiger partial charge on any atom is -0.352 e. The van der Waals surface area contributed by atoms with Gasteiger partial charge < -0.3 is 15.5 Å². The van der Waals surface area contributed by atoms with Crippen LogP contribution in [0.3, 0.4) is 0 Å². The van der Waals surface area contributed by atoms with Crippen LogP contribution in [0.25, 0.3) is 0 Å². The van der Waals surface area contributed by atoms with Gasteiger partial charge in [0.1, 0.15) is 0 Å². The predicted octanol–water partition coefficient (Wildman–Crippen LogP) is 2.97. The maximum Gasteiger partial charge on any atom is 0.252 e. The molecule has 0 radical (unpaired) electrons. The van der Waals surface area contributed by atoms with E-state index in [4.69, 9.17) is 0 Å². The maximum atomic E-state index is 12.2. The first kappa shape index (κ1) is 20.6. The van der Waals surface area contributed by atoms with Crippen molar-refractivity contribution in [3.8, 4) is 0 Å². The highest BCUT2D eigenvalue weighted by atomic mass is 32.1. The number of amides is 3. The van der Waals surface area contributed by atoms with Gasteiger partial charge in [-0.05, 0) is 48.9 Å². The number of nitrogens with zero attached hydrogens (tertiary/aromatic N) is 1. The Morgan fingerprint density at radius 3 is 2.63 bits per heavy atom. The smallest absolute Gasteiger partial charge is 0.252 e. The van der Waals surface area contributed by atoms with E-state index in [0.29, 0.717) is 18.5 Å². The summed E-state index contributed by atoms with van der Waals surface area (Å²) in [6.45, 7) is 4.35. The lowest BCUT2D eigenvalue weighted by Gasteiger charge is -2.18. The van der Waals surface area contributed by atoms with Gasteiger partial charge in [0, 0.05) is 36.6 Å². The van der Waals surface area contributed by atoms with Crippen LogP contribution in [0.1, 0.15) is 34.3 Å². The molecule has 1 aromatic heterocycles. The summed E-state index contributed by atoms with van der Waals surface area (Å²) in [5.41, 5.74) is 3.51. The molecule has 1 heterocycles. The van der Waals surface area contributed by atoms with Gasteiger partial charge in [-0.3, -0.25) is 14.4 Å². The van der Waals surface area contributed by atoms with Crippen molar-refractivity contribution in [3.05, 3.63) is 51.7 Å². The first-order valence-corrected chi connectivity index (χ1v) is 9.73. The molecule has 0 unspecified atom stereocenters. The molecule has 144 valence electrons. The van der Waals surface area contributed by atoms with Crippen LogP contribution in [0.15, 0.2) is 35.0 Å². The van der Waals surface area contributed by atoms with E-state index < -0.39 is 0 Å². The Morgan fingerprint density at radius 2 is 1.93 bits per heavy atom. The number of hydrogen-bond acceptors (Lipinski definition) is 4. The Hall–Kier alpha value is -2.67. The van der Waals surface area contributed by atoms with Crippen molar-refractivity contribution >= 4 is 34.7 Å². The molecule has 2 aromatic rings. The van der Waals surface area contributed by atoms with Crippen molar-refractivity contribution in [2.24, 2.45) is 0 Å². The number of likely N-dealkylation sites (N-methyl/N-ethyl adjacent to an activating group) is 1. The summed E-state index contributed by atoms with van der Waals surface area (Å²) in [5, 5.41) is 9.25. The van der Waals surface area contributed by atoms with E-state index in [0.717, 1.165) is 16.8 Å². The van der Waals surface area contributed by atoms with Crippen molar-refractivity contribution in [2.75, 3.05) is 25.5 Å². The van der Waals surface area contributed by atoms with E-state index in [-0.39, 0.29) is 30.7 Å². The first-order valence-electron chi connectivity index (χ1n) is 8.79. The Balaban J connectivity index is 1.70. The summed E-state index contributed by atoms with van der Waals surface area (Å²) in [6, 6.07) is 7.47. The molecule has 0 saturated heterocycles. The number of anilines is 1. The molecule has 0 aliphatic rings. The fraction of sp³-hybridized carbons (Fsp3) is 0.350. The van der Waals surface area contributed by atoms with Gasteiger partial charge in [-0.1, -0.05) is 12.1 Å². The normalized spacial score (nSPS) is 10.3. The van der Waals surface area contributed by atoms with Crippen LogP contribution in [-0.2, 0) is 9.59 Å². The highest BCUT2D eigenvalue weighted by Gasteiger charge is 2.14. The molecule has 7 heteroatoms. The van der Waals surface area contributed by atoms with E-state index >= 15 is 0 Å². The summed E-state index contributed by atoms with van der Waals surface area (Å²) in [4.78, 5) is 37.5. The number of thiophene rings is 1. The van der Waals surface area contributed by atoms with Gasteiger partial charge in [-0.15, -0.1) is 0 Å². The van der Waals surface area contributed by atoms with Gasteiger partial charge in [-0.2, -0.15) is 11.3 Å². The average molecular weight is 388 g/mol. The van der Waals surface area contributed by atoms with Gasteiger partial charge in [0.05, 0.1) is 6.54 Å². The molecule has 27 heavy (non-hydrogen) atoms. The van der Waals surface area contributed by atoms with Gasteiger partial charge in [0.15, 0.2) is 0 Å². The summed E-state index contributed by atoms with van der Waals surface area (Å²) >= 11 is 1.46. The second-order valence-electron chi connectivity index (χ2n) is 6.42.